The van der Waals surface area contributed by atoms with Crippen molar-refractivity contribution in [3.8, 4) is 17.6 Å². The molecule has 2 aromatic carbocycles. The molecule has 0 aliphatic rings. The third kappa shape index (κ3) is 5.74. The predicted molar refractivity (Wildman–Crippen MR) is 114 cm³/mol. The lowest BCUT2D eigenvalue weighted by molar-refractivity contribution is -0.134. The highest BCUT2D eigenvalue weighted by atomic mass is 35.5. The van der Waals surface area contributed by atoms with Crippen LogP contribution in [0.15, 0.2) is 53.4 Å². The van der Waals surface area contributed by atoms with E-state index in [1.807, 2.05) is 0 Å². The van der Waals surface area contributed by atoms with E-state index in [1.165, 1.54) is 31.4 Å². The van der Waals surface area contributed by atoms with E-state index in [9.17, 15) is 13.2 Å². The van der Waals surface area contributed by atoms with E-state index in [0.717, 1.165) is 4.31 Å². The molecular weight excluding hydrogens is 428 g/mol. The maximum atomic E-state index is 13.3. The number of carbonyl (C=O) groups excluding carboxylic acids is 1. The molecule has 0 radical (unpaired) electrons. The van der Waals surface area contributed by atoms with Gasteiger partial charge >= 0.3 is 0 Å². The molecule has 0 aliphatic carbocycles. The monoisotopic (exact) mass is 450 g/mol. The van der Waals surface area contributed by atoms with E-state index in [1.54, 1.807) is 43.6 Å². The normalized spacial score (nSPS) is 12.2. The lowest BCUT2D eigenvalue weighted by Gasteiger charge is -2.30. The Labute approximate surface area is 181 Å². The summed E-state index contributed by atoms with van der Waals surface area (Å²) in [7, 11) is -2.63. The average molecular weight is 451 g/mol. The molecule has 2 N–H and O–H groups in total. The van der Waals surface area contributed by atoms with Crippen molar-refractivity contribution < 1.29 is 23.2 Å². The highest BCUT2D eigenvalue weighted by Gasteiger charge is 2.37. The molecule has 7 nitrogen and oxygen atoms in total. The molecule has 0 saturated carbocycles. The molecule has 1 atom stereocenters. The van der Waals surface area contributed by atoms with Crippen LogP contribution in [-0.2, 0) is 14.8 Å². The van der Waals surface area contributed by atoms with E-state index >= 15 is 0 Å². The van der Waals surface area contributed by atoms with Crippen LogP contribution in [0.4, 0.5) is 0 Å². The Morgan fingerprint density at radius 1 is 1.17 bits per heavy atom. The van der Waals surface area contributed by atoms with Gasteiger partial charge in [0, 0.05) is 10.6 Å². The molecule has 0 fully saturated rings. The van der Waals surface area contributed by atoms with Crippen LogP contribution in [0.2, 0.25) is 5.02 Å². The highest BCUT2D eigenvalue weighted by Crippen LogP contribution is 2.24. The molecular formula is C21H23ClN2O5S. The van der Waals surface area contributed by atoms with E-state index in [-0.39, 0.29) is 11.4 Å². The fourth-order valence-corrected chi connectivity index (χ4v) is 4.55. The van der Waals surface area contributed by atoms with Gasteiger partial charge in [0.15, 0.2) is 0 Å². The number of amides is 1. The fraction of sp³-hybridized carbons (Fsp3) is 0.286. The van der Waals surface area contributed by atoms with Crippen molar-refractivity contribution in [2.24, 2.45) is 5.92 Å². The summed E-state index contributed by atoms with van der Waals surface area (Å²) in [6.45, 7) is 3.11. The average Bonchev–Trinajstić information content (AvgIpc) is 2.73. The minimum Gasteiger partial charge on any atom is -0.497 e. The molecule has 160 valence electrons. The first-order chi connectivity index (χ1) is 14.2. The first-order valence-corrected chi connectivity index (χ1v) is 10.9. The number of hydroxylamine groups is 1. The molecule has 2 aromatic rings. The number of ether oxygens (including phenoxy) is 1. The number of halogens is 1. The molecule has 0 aliphatic heterocycles. The Morgan fingerprint density at radius 2 is 1.77 bits per heavy atom. The van der Waals surface area contributed by atoms with Gasteiger partial charge in [0.05, 0.1) is 18.6 Å². The fourth-order valence-electron chi connectivity index (χ4n) is 2.80. The van der Waals surface area contributed by atoms with Crippen molar-refractivity contribution in [1.29, 1.82) is 0 Å². The number of benzene rings is 2. The number of sulfonamides is 1. The first kappa shape index (κ1) is 23.7. The van der Waals surface area contributed by atoms with Crippen LogP contribution in [0.25, 0.3) is 0 Å². The van der Waals surface area contributed by atoms with Gasteiger partial charge < -0.3 is 4.74 Å². The quantitative estimate of drug-likeness (QED) is 0.384. The molecule has 2 rings (SSSR count). The molecule has 0 spiro atoms. The van der Waals surface area contributed by atoms with Crippen LogP contribution < -0.4 is 10.2 Å². The molecule has 9 heteroatoms. The van der Waals surface area contributed by atoms with E-state index < -0.39 is 27.9 Å². The standard InChI is InChI=1S/C21H23ClN2O5S/c1-15(2)20(21(25)23-26)24(14-4-5-16-6-8-17(22)9-7-16)30(27,28)19-12-10-18(29-3)11-13-19/h6-13,15,20,26H,14H2,1-3H3,(H,23,25). The van der Waals surface area contributed by atoms with Crippen LogP contribution in [0.1, 0.15) is 19.4 Å². The summed E-state index contributed by atoms with van der Waals surface area (Å²) in [6.07, 6.45) is 0. The van der Waals surface area contributed by atoms with Crippen LogP contribution in [0.3, 0.4) is 0 Å². The van der Waals surface area contributed by atoms with Gasteiger partial charge in [0.1, 0.15) is 11.8 Å². The zero-order valence-electron chi connectivity index (χ0n) is 16.8. The van der Waals surface area contributed by atoms with Crippen molar-refractivity contribution in [1.82, 2.24) is 9.79 Å². The minimum atomic E-state index is -4.10. The van der Waals surface area contributed by atoms with Crippen LogP contribution in [0.5, 0.6) is 5.75 Å². The van der Waals surface area contributed by atoms with Crippen LogP contribution >= 0.6 is 11.6 Å². The number of nitrogens with zero attached hydrogens (tertiary/aromatic N) is 1. The number of hydrogen-bond donors (Lipinski definition) is 2. The third-order valence-corrected chi connectivity index (χ3v) is 6.39. The second-order valence-corrected chi connectivity index (χ2v) is 9.03. The summed E-state index contributed by atoms with van der Waals surface area (Å²) >= 11 is 5.86. The Kier molecular flexibility index (Phi) is 8.26. The van der Waals surface area contributed by atoms with Gasteiger partial charge in [-0.15, -0.1) is 0 Å². The van der Waals surface area contributed by atoms with Gasteiger partial charge in [-0.05, 0) is 54.4 Å². The van der Waals surface area contributed by atoms with Crippen LogP contribution in [-0.4, -0.2) is 43.5 Å². The number of hydrogen-bond acceptors (Lipinski definition) is 5. The molecule has 1 amide bonds. The van der Waals surface area contributed by atoms with Crippen molar-refractivity contribution in [2.45, 2.75) is 24.8 Å². The van der Waals surface area contributed by atoms with Crippen molar-refractivity contribution in [2.75, 3.05) is 13.7 Å². The zero-order chi connectivity index (χ0) is 22.3. The lowest BCUT2D eigenvalue weighted by atomic mass is 10.0. The second-order valence-electron chi connectivity index (χ2n) is 6.70. The maximum Gasteiger partial charge on any atom is 0.262 e. The van der Waals surface area contributed by atoms with Gasteiger partial charge in [-0.3, -0.25) is 10.0 Å². The first-order valence-electron chi connectivity index (χ1n) is 9.05. The summed E-state index contributed by atoms with van der Waals surface area (Å²) in [5.41, 5.74) is 2.20. The Morgan fingerprint density at radius 3 is 2.27 bits per heavy atom. The Bertz CT molecular complexity index is 1030. The molecule has 0 saturated heterocycles. The topological polar surface area (TPSA) is 95.9 Å². The van der Waals surface area contributed by atoms with E-state index in [0.29, 0.717) is 16.3 Å². The maximum absolute atomic E-state index is 13.3. The molecule has 0 bridgehead atoms. The number of carbonyl (C=O) groups is 1. The summed E-state index contributed by atoms with van der Waals surface area (Å²) in [6, 6.07) is 11.4. The molecule has 0 aromatic heterocycles. The van der Waals surface area contributed by atoms with Crippen LogP contribution in [0, 0.1) is 17.8 Å². The second kappa shape index (κ2) is 10.5. The van der Waals surface area contributed by atoms with Crippen molar-refractivity contribution >= 4 is 27.5 Å². The van der Waals surface area contributed by atoms with Gasteiger partial charge in [-0.25, -0.2) is 13.9 Å². The predicted octanol–water partition coefficient (Wildman–Crippen LogP) is 2.92. The zero-order valence-corrected chi connectivity index (χ0v) is 18.4. The number of nitrogens with one attached hydrogen (secondary N) is 1. The van der Waals surface area contributed by atoms with Crippen molar-refractivity contribution in [3.05, 3.63) is 59.1 Å². The van der Waals surface area contributed by atoms with E-state index in [2.05, 4.69) is 11.8 Å². The molecule has 30 heavy (non-hydrogen) atoms. The van der Waals surface area contributed by atoms with Gasteiger partial charge in [-0.2, -0.15) is 4.31 Å². The summed E-state index contributed by atoms with van der Waals surface area (Å²) in [5, 5.41) is 9.71. The summed E-state index contributed by atoms with van der Waals surface area (Å²) in [4.78, 5) is 12.3. The van der Waals surface area contributed by atoms with Gasteiger partial charge in [0.25, 0.3) is 5.91 Å². The third-order valence-electron chi connectivity index (χ3n) is 4.30. The number of rotatable bonds is 7. The van der Waals surface area contributed by atoms with Gasteiger partial charge in [-0.1, -0.05) is 37.3 Å². The Hall–Kier alpha value is -2.57. The number of methoxy groups -OCH3 is 1. The SMILES string of the molecule is COc1ccc(S(=O)(=O)N(CC#Cc2ccc(Cl)cc2)C(C(=O)NO)C(C)C)cc1. The molecule has 1 unspecified atom stereocenters. The lowest BCUT2D eigenvalue weighted by Crippen LogP contribution is -2.51. The highest BCUT2D eigenvalue weighted by molar-refractivity contribution is 7.89. The Balaban J connectivity index is 2.46. The molecule has 0 heterocycles. The minimum absolute atomic E-state index is 0.0204. The smallest absolute Gasteiger partial charge is 0.262 e. The van der Waals surface area contributed by atoms with Gasteiger partial charge in [0.2, 0.25) is 10.0 Å². The van der Waals surface area contributed by atoms with Crippen molar-refractivity contribution in [3.63, 3.8) is 0 Å². The summed E-state index contributed by atoms with van der Waals surface area (Å²) < 4.78 is 32.7. The largest absolute Gasteiger partial charge is 0.497 e. The van der Waals surface area contributed by atoms with E-state index in [4.69, 9.17) is 21.5 Å². The summed E-state index contributed by atoms with van der Waals surface area (Å²) in [5.74, 6) is 4.90.